The number of nitrogens with two attached hydrogens (primary N) is 1. The monoisotopic (exact) mass is 256 g/mol. The molecule has 0 aromatic rings. The Morgan fingerprint density at radius 1 is 1.33 bits per heavy atom. The number of rotatable bonds is 8. The molecule has 1 fully saturated rings. The molecule has 0 saturated heterocycles. The molecular formula is C14H28N2O2. The van der Waals surface area contributed by atoms with Gasteiger partial charge in [-0.3, -0.25) is 4.79 Å². The van der Waals surface area contributed by atoms with Gasteiger partial charge in [0.15, 0.2) is 0 Å². The molecule has 0 atom stereocenters. The average molecular weight is 256 g/mol. The predicted octanol–water partition coefficient (Wildman–Crippen LogP) is 1.78. The van der Waals surface area contributed by atoms with Crippen molar-refractivity contribution in [2.45, 2.75) is 45.4 Å². The van der Waals surface area contributed by atoms with Crippen molar-refractivity contribution in [3.63, 3.8) is 0 Å². The van der Waals surface area contributed by atoms with Gasteiger partial charge < -0.3 is 15.4 Å². The first-order valence-corrected chi connectivity index (χ1v) is 7.18. The summed E-state index contributed by atoms with van der Waals surface area (Å²) >= 11 is 0. The molecule has 106 valence electrons. The lowest BCUT2D eigenvalue weighted by Crippen LogP contribution is -2.44. The van der Waals surface area contributed by atoms with Crippen LogP contribution in [0.15, 0.2) is 0 Å². The smallest absolute Gasteiger partial charge is 0.228 e. The molecular weight excluding hydrogens is 228 g/mol. The van der Waals surface area contributed by atoms with Crippen LogP contribution in [-0.4, -0.2) is 44.2 Å². The van der Waals surface area contributed by atoms with Gasteiger partial charge in [0.05, 0.1) is 6.61 Å². The second-order valence-electron chi connectivity index (χ2n) is 5.27. The van der Waals surface area contributed by atoms with Crippen LogP contribution in [0.2, 0.25) is 0 Å². The molecule has 1 aliphatic rings. The summed E-state index contributed by atoms with van der Waals surface area (Å²) < 4.78 is 5.11. The Labute approximate surface area is 111 Å². The first kappa shape index (κ1) is 15.4. The van der Waals surface area contributed by atoms with Crippen LogP contribution in [0.1, 0.15) is 45.4 Å². The Balaban J connectivity index is 2.66. The maximum atomic E-state index is 12.7. The van der Waals surface area contributed by atoms with E-state index in [0.29, 0.717) is 25.6 Å². The Hall–Kier alpha value is -0.610. The second-order valence-corrected chi connectivity index (χ2v) is 5.27. The van der Waals surface area contributed by atoms with Crippen LogP contribution in [0.25, 0.3) is 0 Å². The van der Waals surface area contributed by atoms with E-state index in [-0.39, 0.29) is 5.41 Å². The summed E-state index contributed by atoms with van der Waals surface area (Å²) in [6, 6.07) is 0. The van der Waals surface area contributed by atoms with Gasteiger partial charge in [-0.15, -0.1) is 0 Å². The third kappa shape index (κ3) is 3.69. The summed E-state index contributed by atoms with van der Waals surface area (Å²) in [5, 5.41) is 0. The zero-order valence-electron chi connectivity index (χ0n) is 11.9. The number of ether oxygens (including phenoxy) is 1. The number of carbonyl (C=O) groups is 1. The van der Waals surface area contributed by atoms with E-state index in [4.69, 9.17) is 10.5 Å². The molecule has 0 aliphatic heterocycles. The highest BCUT2D eigenvalue weighted by atomic mass is 16.5. The average Bonchev–Trinajstić information content (AvgIpc) is 2.88. The highest BCUT2D eigenvalue weighted by Crippen LogP contribution is 2.42. The van der Waals surface area contributed by atoms with Crippen LogP contribution in [-0.2, 0) is 9.53 Å². The van der Waals surface area contributed by atoms with Gasteiger partial charge in [-0.1, -0.05) is 19.8 Å². The molecule has 1 rings (SSSR count). The topological polar surface area (TPSA) is 55.6 Å². The van der Waals surface area contributed by atoms with Crippen LogP contribution < -0.4 is 5.73 Å². The molecule has 0 heterocycles. The van der Waals surface area contributed by atoms with Crippen molar-refractivity contribution in [3.05, 3.63) is 0 Å². The van der Waals surface area contributed by atoms with Gasteiger partial charge in [0, 0.05) is 25.6 Å². The van der Waals surface area contributed by atoms with Gasteiger partial charge in [0.25, 0.3) is 0 Å². The van der Waals surface area contributed by atoms with Crippen molar-refractivity contribution in [1.82, 2.24) is 4.90 Å². The Morgan fingerprint density at radius 2 is 2.00 bits per heavy atom. The van der Waals surface area contributed by atoms with Crippen LogP contribution >= 0.6 is 0 Å². The lowest BCUT2D eigenvalue weighted by Gasteiger charge is -2.33. The van der Waals surface area contributed by atoms with Crippen LogP contribution in [0.3, 0.4) is 0 Å². The molecule has 4 heteroatoms. The van der Waals surface area contributed by atoms with Crippen molar-refractivity contribution in [2.75, 3.05) is 33.4 Å². The minimum absolute atomic E-state index is 0.0949. The standard InChI is InChI=1S/C14H28N2O2/c1-3-14(7-4-5-8-14)13(17)16(10-6-9-15)11-12-18-2/h3-12,15H2,1-2H3. The lowest BCUT2D eigenvalue weighted by molar-refractivity contribution is -0.143. The fraction of sp³-hybridized carbons (Fsp3) is 0.929. The zero-order chi connectivity index (χ0) is 13.4. The van der Waals surface area contributed by atoms with Gasteiger partial charge in [-0.05, 0) is 32.2 Å². The van der Waals surface area contributed by atoms with Crippen molar-refractivity contribution in [3.8, 4) is 0 Å². The number of hydrogen-bond donors (Lipinski definition) is 1. The minimum atomic E-state index is -0.0949. The molecule has 0 spiro atoms. The van der Waals surface area contributed by atoms with Gasteiger partial charge in [0.1, 0.15) is 0 Å². The van der Waals surface area contributed by atoms with Crippen molar-refractivity contribution >= 4 is 5.91 Å². The van der Waals surface area contributed by atoms with E-state index in [1.54, 1.807) is 7.11 Å². The van der Waals surface area contributed by atoms with E-state index in [2.05, 4.69) is 6.92 Å². The molecule has 1 aliphatic carbocycles. The molecule has 1 amide bonds. The van der Waals surface area contributed by atoms with Crippen LogP contribution in [0.4, 0.5) is 0 Å². The molecule has 0 aromatic heterocycles. The first-order chi connectivity index (χ1) is 8.70. The van der Waals surface area contributed by atoms with Gasteiger partial charge in [-0.25, -0.2) is 0 Å². The summed E-state index contributed by atoms with van der Waals surface area (Å²) in [4.78, 5) is 14.7. The van der Waals surface area contributed by atoms with E-state index in [1.807, 2.05) is 4.90 Å². The maximum absolute atomic E-state index is 12.7. The van der Waals surface area contributed by atoms with Gasteiger partial charge >= 0.3 is 0 Å². The van der Waals surface area contributed by atoms with E-state index in [0.717, 1.165) is 32.2 Å². The molecule has 2 N–H and O–H groups in total. The number of carbonyl (C=O) groups excluding carboxylic acids is 1. The molecule has 18 heavy (non-hydrogen) atoms. The highest BCUT2D eigenvalue weighted by molar-refractivity contribution is 5.83. The molecule has 1 saturated carbocycles. The first-order valence-electron chi connectivity index (χ1n) is 7.18. The fourth-order valence-electron chi connectivity index (χ4n) is 2.90. The molecule has 0 radical (unpaired) electrons. The summed E-state index contributed by atoms with van der Waals surface area (Å²) in [6.45, 7) is 4.84. The summed E-state index contributed by atoms with van der Waals surface area (Å²) in [7, 11) is 1.68. The molecule has 4 nitrogen and oxygen atoms in total. The SMILES string of the molecule is CCC1(C(=O)N(CCCN)CCOC)CCCC1. The highest BCUT2D eigenvalue weighted by Gasteiger charge is 2.41. The van der Waals surface area contributed by atoms with E-state index in [1.165, 1.54) is 12.8 Å². The third-order valence-corrected chi connectivity index (χ3v) is 4.18. The number of amides is 1. The van der Waals surface area contributed by atoms with Crippen molar-refractivity contribution in [2.24, 2.45) is 11.1 Å². The zero-order valence-corrected chi connectivity index (χ0v) is 11.9. The largest absolute Gasteiger partial charge is 0.383 e. The number of methoxy groups -OCH3 is 1. The maximum Gasteiger partial charge on any atom is 0.228 e. The number of hydrogen-bond acceptors (Lipinski definition) is 3. The van der Waals surface area contributed by atoms with Gasteiger partial charge in [-0.2, -0.15) is 0 Å². The Morgan fingerprint density at radius 3 is 2.50 bits per heavy atom. The molecule has 0 bridgehead atoms. The summed E-state index contributed by atoms with van der Waals surface area (Å²) in [5.74, 6) is 0.327. The van der Waals surface area contributed by atoms with Crippen LogP contribution in [0, 0.1) is 5.41 Å². The van der Waals surface area contributed by atoms with Gasteiger partial charge in [0.2, 0.25) is 5.91 Å². The van der Waals surface area contributed by atoms with Crippen molar-refractivity contribution in [1.29, 1.82) is 0 Å². The number of nitrogens with zero attached hydrogens (tertiary/aromatic N) is 1. The van der Waals surface area contributed by atoms with E-state index >= 15 is 0 Å². The quantitative estimate of drug-likeness (QED) is 0.720. The second kappa shape index (κ2) is 7.74. The normalized spacial score (nSPS) is 17.9. The fourth-order valence-corrected chi connectivity index (χ4v) is 2.90. The van der Waals surface area contributed by atoms with E-state index in [9.17, 15) is 4.79 Å². The summed E-state index contributed by atoms with van der Waals surface area (Å²) in [6.07, 6.45) is 6.30. The predicted molar refractivity (Wildman–Crippen MR) is 73.3 cm³/mol. The third-order valence-electron chi connectivity index (χ3n) is 4.18. The Kier molecular flexibility index (Phi) is 6.65. The van der Waals surface area contributed by atoms with E-state index < -0.39 is 0 Å². The molecule has 0 aromatic carbocycles. The van der Waals surface area contributed by atoms with Crippen molar-refractivity contribution < 1.29 is 9.53 Å². The Bertz CT molecular complexity index is 242. The van der Waals surface area contributed by atoms with Crippen LogP contribution in [0.5, 0.6) is 0 Å². The lowest BCUT2D eigenvalue weighted by atomic mass is 9.82. The minimum Gasteiger partial charge on any atom is -0.383 e. The summed E-state index contributed by atoms with van der Waals surface area (Å²) in [5.41, 5.74) is 5.46. The molecule has 0 unspecified atom stereocenters.